The summed E-state index contributed by atoms with van der Waals surface area (Å²) < 4.78 is 0. The van der Waals surface area contributed by atoms with Crippen LogP contribution in [0.4, 0.5) is 5.69 Å². The maximum atomic E-state index is 12.0. The summed E-state index contributed by atoms with van der Waals surface area (Å²) in [6, 6.07) is 5.99. The molecular weight excluding hydrogens is 322 g/mol. The standard InChI is InChI=1S/C19H30ClN3O/c1-14(5-4-6-15-9-11-21-12-10-15)22-16-7-8-17(18(20)13-16)19(24)23(2)3/h7-8,13-15,21-22H,4-6,9-12H2,1-3H3. The molecule has 0 aromatic heterocycles. The summed E-state index contributed by atoms with van der Waals surface area (Å²) in [4.78, 5) is 13.5. The number of hydrogen-bond acceptors (Lipinski definition) is 3. The third kappa shape index (κ3) is 5.67. The molecule has 1 aliphatic heterocycles. The topological polar surface area (TPSA) is 44.4 Å². The first kappa shape index (κ1) is 19.1. The van der Waals surface area contributed by atoms with Crippen molar-refractivity contribution in [3.8, 4) is 0 Å². The van der Waals surface area contributed by atoms with Crippen LogP contribution >= 0.6 is 11.6 Å². The monoisotopic (exact) mass is 351 g/mol. The van der Waals surface area contributed by atoms with Gasteiger partial charge in [0.1, 0.15) is 0 Å². The highest BCUT2D eigenvalue weighted by atomic mass is 35.5. The molecule has 1 aliphatic rings. The molecule has 1 unspecified atom stereocenters. The molecule has 1 aromatic rings. The Morgan fingerprint density at radius 2 is 2.08 bits per heavy atom. The molecule has 134 valence electrons. The normalized spacial score (nSPS) is 16.7. The smallest absolute Gasteiger partial charge is 0.254 e. The van der Waals surface area contributed by atoms with Crippen molar-refractivity contribution in [3.63, 3.8) is 0 Å². The number of benzene rings is 1. The SMILES string of the molecule is CC(CCCC1CCNCC1)Nc1ccc(C(=O)N(C)C)c(Cl)c1. The Hall–Kier alpha value is -1.26. The average molecular weight is 352 g/mol. The van der Waals surface area contributed by atoms with E-state index in [9.17, 15) is 4.79 Å². The third-order valence-corrected chi connectivity index (χ3v) is 5.04. The number of rotatable bonds is 7. The molecule has 5 heteroatoms. The van der Waals surface area contributed by atoms with E-state index >= 15 is 0 Å². The Kier molecular flexibility index (Phi) is 7.38. The summed E-state index contributed by atoms with van der Waals surface area (Å²) in [6.07, 6.45) is 6.37. The highest BCUT2D eigenvalue weighted by Gasteiger charge is 2.15. The van der Waals surface area contributed by atoms with Gasteiger partial charge in [0.2, 0.25) is 0 Å². The number of anilines is 1. The van der Waals surface area contributed by atoms with Crippen LogP contribution in [0.25, 0.3) is 0 Å². The van der Waals surface area contributed by atoms with E-state index in [1.54, 1.807) is 20.2 Å². The van der Waals surface area contributed by atoms with Gasteiger partial charge in [-0.15, -0.1) is 0 Å². The predicted molar refractivity (Wildman–Crippen MR) is 102 cm³/mol. The highest BCUT2D eigenvalue weighted by Crippen LogP contribution is 2.24. The quantitative estimate of drug-likeness (QED) is 0.780. The molecule has 2 N–H and O–H groups in total. The van der Waals surface area contributed by atoms with Gasteiger partial charge < -0.3 is 15.5 Å². The second kappa shape index (κ2) is 9.28. The number of halogens is 1. The van der Waals surface area contributed by atoms with Crippen molar-refractivity contribution in [2.75, 3.05) is 32.5 Å². The fourth-order valence-electron chi connectivity index (χ4n) is 3.26. The van der Waals surface area contributed by atoms with Crippen LogP contribution in [0.5, 0.6) is 0 Å². The van der Waals surface area contributed by atoms with Gasteiger partial charge >= 0.3 is 0 Å². The number of nitrogens with one attached hydrogen (secondary N) is 2. The van der Waals surface area contributed by atoms with E-state index in [1.807, 2.05) is 12.1 Å². The molecule has 2 rings (SSSR count). The largest absolute Gasteiger partial charge is 0.383 e. The Morgan fingerprint density at radius 3 is 2.71 bits per heavy atom. The van der Waals surface area contributed by atoms with Crippen molar-refractivity contribution < 1.29 is 4.79 Å². The number of nitrogens with zero attached hydrogens (tertiary/aromatic N) is 1. The lowest BCUT2D eigenvalue weighted by Gasteiger charge is -2.23. The minimum absolute atomic E-state index is 0.0680. The maximum absolute atomic E-state index is 12.0. The summed E-state index contributed by atoms with van der Waals surface area (Å²) in [5.74, 6) is 0.825. The first-order valence-corrected chi connectivity index (χ1v) is 9.33. The molecular formula is C19H30ClN3O. The number of amides is 1. The molecule has 4 nitrogen and oxygen atoms in total. The zero-order valence-electron chi connectivity index (χ0n) is 15.1. The van der Waals surface area contributed by atoms with Crippen molar-refractivity contribution in [2.24, 2.45) is 5.92 Å². The maximum Gasteiger partial charge on any atom is 0.254 e. The molecule has 1 saturated heterocycles. The van der Waals surface area contributed by atoms with Crippen molar-refractivity contribution in [3.05, 3.63) is 28.8 Å². The van der Waals surface area contributed by atoms with Gasteiger partial charge in [-0.2, -0.15) is 0 Å². The summed E-state index contributed by atoms with van der Waals surface area (Å²) >= 11 is 6.26. The molecule has 1 fully saturated rings. The fraction of sp³-hybridized carbons (Fsp3) is 0.632. The van der Waals surface area contributed by atoms with Crippen LogP contribution in [-0.2, 0) is 0 Å². The van der Waals surface area contributed by atoms with Crippen LogP contribution < -0.4 is 10.6 Å². The first-order valence-electron chi connectivity index (χ1n) is 8.96. The van der Waals surface area contributed by atoms with Crippen LogP contribution in [-0.4, -0.2) is 44.0 Å². The van der Waals surface area contributed by atoms with Gasteiger partial charge in [-0.3, -0.25) is 4.79 Å². The van der Waals surface area contributed by atoms with E-state index in [-0.39, 0.29) is 5.91 Å². The van der Waals surface area contributed by atoms with Crippen LogP contribution in [0, 0.1) is 5.92 Å². The molecule has 1 heterocycles. The molecule has 0 spiro atoms. The summed E-state index contributed by atoms with van der Waals surface area (Å²) in [7, 11) is 3.46. The molecule has 1 aromatic carbocycles. The van der Waals surface area contributed by atoms with Crippen molar-refractivity contribution in [1.82, 2.24) is 10.2 Å². The van der Waals surface area contributed by atoms with E-state index in [1.165, 1.54) is 43.7 Å². The zero-order valence-corrected chi connectivity index (χ0v) is 15.8. The molecule has 24 heavy (non-hydrogen) atoms. The first-order chi connectivity index (χ1) is 11.5. The van der Waals surface area contributed by atoms with Gasteiger partial charge in [0.25, 0.3) is 5.91 Å². The number of carbonyl (C=O) groups excluding carboxylic acids is 1. The van der Waals surface area contributed by atoms with E-state index in [0.717, 1.165) is 18.0 Å². The Balaban J connectivity index is 1.79. The van der Waals surface area contributed by atoms with Gasteiger partial charge in [0, 0.05) is 25.8 Å². The van der Waals surface area contributed by atoms with E-state index in [4.69, 9.17) is 11.6 Å². The van der Waals surface area contributed by atoms with Crippen LogP contribution in [0.2, 0.25) is 5.02 Å². The predicted octanol–water partition coefficient (Wildman–Crippen LogP) is 4.01. The number of carbonyl (C=O) groups is 1. The lowest BCUT2D eigenvalue weighted by atomic mass is 9.92. The minimum atomic E-state index is -0.0680. The average Bonchev–Trinajstić information content (AvgIpc) is 2.55. The van der Waals surface area contributed by atoms with E-state index in [0.29, 0.717) is 16.6 Å². The lowest BCUT2D eigenvalue weighted by molar-refractivity contribution is 0.0828. The summed E-state index contributed by atoms with van der Waals surface area (Å²) in [6.45, 7) is 4.55. The lowest BCUT2D eigenvalue weighted by Crippen LogP contribution is -2.27. The molecule has 1 atom stereocenters. The molecule has 1 amide bonds. The van der Waals surface area contributed by atoms with Gasteiger partial charge in [-0.05, 0) is 63.4 Å². The molecule has 0 aliphatic carbocycles. The summed E-state index contributed by atoms with van der Waals surface area (Å²) in [5, 5.41) is 7.41. The van der Waals surface area contributed by atoms with Crippen molar-refractivity contribution in [2.45, 2.75) is 45.1 Å². The zero-order chi connectivity index (χ0) is 17.5. The highest BCUT2D eigenvalue weighted by molar-refractivity contribution is 6.34. The van der Waals surface area contributed by atoms with Crippen LogP contribution in [0.1, 0.15) is 49.4 Å². The van der Waals surface area contributed by atoms with Gasteiger partial charge in [-0.25, -0.2) is 0 Å². The van der Waals surface area contributed by atoms with Crippen LogP contribution in [0.15, 0.2) is 18.2 Å². The second-order valence-electron chi connectivity index (χ2n) is 7.06. The Labute approximate surface area is 150 Å². The molecule has 0 radical (unpaired) electrons. The number of piperidine rings is 1. The van der Waals surface area contributed by atoms with E-state index in [2.05, 4.69) is 17.6 Å². The summed E-state index contributed by atoms with van der Waals surface area (Å²) in [5.41, 5.74) is 1.52. The Bertz CT molecular complexity index is 541. The molecule has 0 bridgehead atoms. The fourth-order valence-corrected chi connectivity index (χ4v) is 3.52. The number of hydrogen-bond donors (Lipinski definition) is 2. The molecule has 0 saturated carbocycles. The van der Waals surface area contributed by atoms with Gasteiger partial charge in [-0.1, -0.05) is 24.4 Å². The van der Waals surface area contributed by atoms with Crippen molar-refractivity contribution in [1.29, 1.82) is 0 Å². The van der Waals surface area contributed by atoms with Gasteiger partial charge in [0.15, 0.2) is 0 Å². The van der Waals surface area contributed by atoms with Crippen LogP contribution in [0.3, 0.4) is 0 Å². The van der Waals surface area contributed by atoms with E-state index < -0.39 is 0 Å². The second-order valence-corrected chi connectivity index (χ2v) is 7.47. The third-order valence-electron chi connectivity index (χ3n) is 4.73. The van der Waals surface area contributed by atoms with Gasteiger partial charge in [0.05, 0.1) is 10.6 Å². The van der Waals surface area contributed by atoms with Crippen molar-refractivity contribution >= 4 is 23.2 Å². The minimum Gasteiger partial charge on any atom is -0.383 e. The Morgan fingerprint density at radius 1 is 1.38 bits per heavy atom.